The van der Waals surface area contributed by atoms with Gasteiger partial charge in [-0.3, -0.25) is 10.1 Å². The number of nitrogens with two attached hydrogens (primary N) is 1. The Morgan fingerprint density at radius 1 is 1.19 bits per heavy atom. The van der Waals surface area contributed by atoms with Gasteiger partial charge in [0.2, 0.25) is 0 Å². The molecule has 5 N–H and O–H groups in total. The SMILES string of the molecule is CNC(=O)Nc1cc(Nc2ccccc2)c(C(N)=O)cn1. The third-order valence-electron chi connectivity index (χ3n) is 2.69. The fraction of sp³-hybridized carbons (Fsp3) is 0.0714. The van der Waals surface area contributed by atoms with Crippen molar-refractivity contribution in [3.05, 3.63) is 48.2 Å². The van der Waals surface area contributed by atoms with Crippen LogP contribution in [0.3, 0.4) is 0 Å². The topological polar surface area (TPSA) is 109 Å². The molecule has 0 saturated carbocycles. The minimum Gasteiger partial charge on any atom is -0.365 e. The Bertz CT molecular complexity index is 658. The molecular weight excluding hydrogens is 270 g/mol. The molecule has 0 aliphatic carbocycles. The Balaban J connectivity index is 2.33. The zero-order valence-corrected chi connectivity index (χ0v) is 11.4. The number of aromatic nitrogens is 1. The highest BCUT2D eigenvalue weighted by Crippen LogP contribution is 2.22. The number of benzene rings is 1. The predicted octanol–water partition coefficient (Wildman–Crippen LogP) is 1.68. The molecule has 0 bridgehead atoms. The number of urea groups is 1. The second kappa shape index (κ2) is 6.38. The highest BCUT2D eigenvalue weighted by molar-refractivity contribution is 6.00. The molecule has 108 valence electrons. The summed E-state index contributed by atoms with van der Waals surface area (Å²) in [6.07, 6.45) is 1.32. The van der Waals surface area contributed by atoms with Gasteiger partial charge in [0.25, 0.3) is 5.91 Å². The Hall–Kier alpha value is -3.09. The normalized spacial score (nSPS) is 9.76. The van der Waals surface area contributed by atoms with E-state index in [9.17, 15) is 9.59 Å². The van der Waals surface area contributed by atoms with Crippen molar-refractivity contribution < 1.29 is 9.59 Å². The standard InChI is InChI=1S/C14H15N5O2/c1-16-14(21)19-12-7-11(10(8-17-12)13(15)20)18-9-5-3-2-4-6-9/h2-8H,1H3,(H2,15,20)(H3,16,17,18,19,21). The number of pyridine rings is 1. The Morgan fingerprint density at radius 2 is 1.90 bits per heavy atom. The van der Waals surface area contributed by atoms with Gasteiger partial charge < -0.3 is 16.4 Å². The summed E-state index contributed by atoms with van der Waals surface area (Å²) in [6, 6.07) is 10.4. The summed E-state index contributed by atoms with van der Waals surface area (Å²) in [5.74, 6) is -0.301. The van der Waals surface area contributed by atoms with Gasteiger partial charge >= 0.3 is 6.03 Å². The van der Waals surface area contributed by atoms with Gasteiger partial charge in [-0.15, -0.1) is 0 Å². The fourth-order valence-corrected chi connectivity index (χ4v) is 1.68. The number of nitrogens with zero attached hydrogens (tertiary/aromatic N) is 1. The van der Waals surface area contributed by atoms with Crippen molar-refractivity contribution >= 4 is 29.1 Å². The summed E-state index contributed by atoms with van der Waals surface area (Å²) < 4.78 is 0. The van der Waals surface area contributed by atoms with Gasteiger partial charge in [0.15, 0.2) is 0 Å². The number of carbonyl (C=O) groups excluding carboxylic acids is 2. The van der Waals surface area contributed by atoms with E-state index < -0.39 is 11.9 Å². The van der Waals surface area contributed by atoms with Gasteiger partial charge in [-0.05, 0) is 12.1 Å². The van der Waals surface area contributed by atoms with Crippen LogP contribution in [-0.4, -0.2) is 24.0 Å². The van der Waals surface area contributed by atoms with Crippen LogP contribution >= 0.6 is 0 Å². The fourth-order valence-electron chi connectivity index (χ4n) is 1.68. The van der Waals surface area contributed by atoms with Crippen LogP contribution in [-0.2, 0) is 0 Å². The largest absolute Gasteiger partial charge is 0.365 e. The third-order valence-corrected chi connectivity index (χ3v) is 2.69. The molecule has 0 unspecified atom stereocenters. The van der Waals surface area contributed by atoms with Crippen molar-refractivity contribution in [1.29, 1.82) is 0 Å². The van der Waals surface area contributed by atoms with Gasteiger partial charge in [-0.1, -0.05) is 18.2 Å². The van der Waals surface area contributed by atoms with Crippen molar-refractivity contribution in [3.63, 3.8) is 0 Å². The number of hydrogen-bond donors (Lipinski definition) is 4. The molecule has 0 aliphatic heterocycles. The lowest BCUT2D eigenvalue weighted by molar-refractivity contribution is 0.100. The molecule has 0 spiro atoms. The molecule has 21 heavy (non-hydrogen) atoms. The Kier molecular flexibility index (Phi) is 4.35. The third kappa shape index (κ3) is 3.69. The van der Waals surface area contributed by atoms with E-state index in [-0.39, 0.29) is 5.56 Å². The van der Waals surface area contributed by atoms with E-state index in [1.807, 2.05) is 30.3 Å². The van der Waals surface area contributed by atoms with Crippen LogP contribution in [0.4, 0.5) is 22.0 Å². The maximum Gasteiger partial charge on any atom is 0.320 e. The van der Waals surface area contributed by atoms with E-state index in [4.69, 9.17) is 5.73 Å². The number of para-hydroxylation sites is 1. The first-order chi connectivity index (χ1) is 10.1. The van der Waals surface area contributed by atoms with Crippen LogP contribution in [0, 0.1) is 0 Å². The summed E-state index contributed by atoms with van der Waals surface area (Å²) in [5, 5.41) is 8.02. The zero-order valence-electron chi connectivity index (χ0n) is 11.4. The van der Waals surface area contributed by atoms with Crippen LogP contribution in [0.1, 0.15) is 10.4 Å². The number of carbonyl (C=O) groups is 2. The summed E-state index contributed by atoms with van der Waals surface area (Å²) in [7, 11) is 1.50. The lowest BCUT2D eigenvalue weighted by atomic mass is 10.2. The summed E-state index contributed by atoms with van der Waals surface area (Å²) in [4.78, 5) is 26.7. The van der Waals surface area contributed by atoms with Gasteiger partial charge in [0.05, 0.1) is 11.3 Å². The van der Waals surface area contributed by atoms with Gasteiger partial charge in [0.1, 0.15) is 5.82 Å². The number of rotatable bonds is 4. The summed E-state index contributed by atoms with van der Waals surface area (Å²) in [5.41, 5.74) is 6.82. The Morgan fingerprint density at radius 3 is 2.52 bits per heavy atom. The van der Waals surface area contributed by atoms with Crippen LogP contribution in [0.5, 0.6) is 0 Å². The molecule has 0 fully saturated rings. The Labute approximate surface area is 121 Å². The summed E-state index contributed by atoms with van der Waals surface area (Å²) in [6.45, 7) is 0. The predicted molar refractivity (Wildman–Crippen MR) is 80.6 cm³/mol. The molecule has 0 saturated heterocycles. The molecule has 1 aromatic heterocycles. The number of hydrogen-bond acceptors (Lipinski definition) is 4. The second-order valence-electron chi connectivity index (χ2n) is 4.17. The molecule has 1 heterocycles. The van der Waals surface area contributed by atoms with Crippen molar-refractivity contribution in [2.45, 2.75) is 0 Å². The first-order valence-corrected chi connectivity index (χ1v) is 6.21. The smallest absolute Gasteiger partial charge is 0.320 e. The zero-order chi connectivity index (χ0) is 15.2. The average molecular weight is 285 g/mol. The van der Waals surface area contributed by atoms with Crippen molar-refractivity contribution in [2.75, 3.05) is 17.7 Å². The highest BCUT2D eigenvalue weighted by atomic mass is 16.2. The maximum atomic E-state index is 11.4. The van der Waals surface area contributed by atoms with Crippen LogP contribution in [0.15, 0.2) is 42.6 Å². The molecule has 0 atom stereocenters. The van der Waals surface area contributed by atoms with Crippen molar-refractivity contribution in [2.24, 2.45) is 5.73 Å². The van der Waals surface area contributed by atoms with Crippen LogP contribution in [0.2, 0.25) is 0 Å². The quantitative estimate of drug-likeness (QED) is 0.685. The lowest BCUT2D eigenvalue weighted by Crippen LogP contribution is -2.25. The average Bonchev–Trinajstić information content (AvgIpc) is 2.48. The van der Waals surface area contributed by atoms with Gasteiger partial charge in [-0.2, -0.15) is 0 Å². The van der Waals surface area contributed by atoms with E-state index >= 15 is 0 Å². The molecule has 2 aromatic rings. The molecule has 0 radical (unpaired) electrons. The van der Waals surface area contributed by atoms with Gasteiger partial charge in [0, 0.05) is 25.0 Å². The van der Waals surface area contributed by atoms with E-state index in [2.05, 4.69) is 20.9 Å². The number of primary amides is 1. The number of nitrogens with one attached hydrogen (secondary N) is 3. The molecule has 1 aromatic carbocycles. The molecule has 7 nitrogen and oxygen atoms in total. The first-order valence-electron chi connectivity index (χ1n) is 6.21. The monoisotopic (exact) mass is 285 g/mol. The molecular formula is C14H15N5O2. The lowest BCUT2D eigenvalue weighted by Gasteiger charge is -2.12. The summed E-state index contributed by atoms with van der Waals surface area (Å²) >= 11 is 0. The molecule has 7 heteroatoms. The maximum absolute atomic E-state index is 11.4. The van der Waals surface area contributed by atoms with Crippen molar-refractivity contribution in [3.8, 4) is 0 Å². The highest BCUT2D eigenvalue weighted by Gasteiger charge is 2.11. The van der Waals surface area contributed by atoms with E-state index in [0.717, 1.165) is 5.69 Å². The van der Waals surface area contributed by atoms with Crippen LogP contribution in [0.25, 0.3) is 0 Å². The second-order valence-corrected chi connectivity index (χ2v) is 4.17. The molecule has 0 aliphatic rings. The minimum absolute atomic E-state index is 0.237. The first kappa shape index (κ1) is 14.3. The van der Waals surface area contributed by atoms with Crippen LogP contribution < -0.4 is 21.7 Å². The van der Waals surface area contributed by atoms with Gasteiger partial charge in [-0.25, -0.2) is 9.78 Å². The number of amides is 3. The number of anilines is 3. The van der Waals surface area contributed by atoms with E-state index in [1.54, 1.807) is 6.07 Å². The van der Waals surface area contributed by atoms with Crippen molar-refractivity contribution in [1.82, 2.24) is 10.3 Å². The van der Waals surface area contributed by atoms with E-state index in [1.165, 1.54) is 13.2 Å². The minimum atomic E-state index is -0.604. The van der Waals surface area contributed by atoms with E-state index in [0.29, 0.717) is 11.5 Å². The molecule has 2 rings (SSSR count). The molecule has 3 amide bonds.